The third-order valence-electron chi connectivity index (χ3n) is 4.15. The van der Waals surface area contributed by atoms with Crippen LogP contribution in [0.3, 0.4) is 0 Å². The number of carboxylic acids is 1. The minimum absolute atomic E-state index is 0.00595. The molecule has 0 unspecified atom stereocenters. The van der Waals surface area contributed by atoms with Crippen molar-refractivity contribution >= 4 is 40.5 Å². The number of anilines is 1. The first-order valence-electron chi connectivity index (χ1n) is 8.50. The second-order valence-electron chi connectivity index (χ2n) is 6.86. The molecule has 0 aliphatic heterocycles. The number of H-pyrrole nitrogens is 1. The third-order valence-corrected chi connectivity index (χ3v) is 4.32. The van der Waals surface area contributed by atoms with Gasteiger partial charge in [-0.2, -0.15) is 9.97 Å². The van der Waals surface area contributed by atoms with E-state index in [2.05, 4.69) is 25.3 Å². The van der Waals surface area contributed by atoms with Crippen LogP contribution >= 0.6 is 11.6 Å². The van der Waals surface area contributed by atoms with Gasteiger partial charge in [-0.05, 0) is 36.8 Å². The minimum Gasteiger partial charge on any atom is -0.480 e. The molecule has 2 aromatic rings. The highest BCUT2D eigenvalue weighted by Gasteiger charge is 2.34. The number of rotatable bonds is 8. The van der Waals surface area contributed by atoms with E-state index >= 15 is 0 Å². The molecule has 1 atom stereocenters. The van der Waals surface area contributed by atoms with Gasteiger partial charge in [0.15, 0.2) is 11.5 Å². The fourth-order valence-corrected chi connectivity index (χ4v) is 3.01. The zero-order valence-corrected chi connectivity index (χ0v) is 15.3. The lowest BCUT2D eigenvalue weighted by atomic mass is 10.0. The maximum Gasteiger partial charge on any atom is 0.326 e. The van der Waals surface area contributed by atoms with Crippen molar-refractivity contribution in [1.82, 2.24) is 25.3 Å². The van der Waals surface area contributed by atoms with Crippen molar-refractivity contribution in [2.75, 3.05) is 11.4 Å². The summed E-state index contributed by atoms with van der Waals surface area (Å²) in [6.07, 6.45) is 3.72. The minimum atomic E-state index is -1.04. The van der Waals surface area contributed by atoms with Crippen LogP contribution in [0.1, 0.15) is 33.1 Å². The van der Waals surface area contributed by atoms with E-state index in [4.69, 9.17) is 11.6 Å². The van der Waals surface area contributed by atoms with Gasteiger partial charge in [0.2, 0.25) is 11.2 Å². The standard InChI is InChI=1S/C16H21ClN6O3/c1-8(2)5-10(15(25)26)20-11(24)6-23(9-3-4-9)14-12-13(19-7-18-12)21-16(17)22-14/h7-10H,3-6H2,1-2H3,(H,20,24)(H,25,26)(H,18,19,21,22)/t10-/m0/s1. The average Bonchev–Trinajstić information content (AvgIpc) is 3.28. The van der Waals surface area contributed by atoms with Gasteiger partial charge >= 0.3 is 5.97 Å². The number of hydrogen-bond acceptors (Lipinski definition) is 6. The van der Waals surface area contributed by atoms with Gasteiger partial charge in [0.1, 0.15) is 11.6 Å². The lowest BCUT2D eigenvalue weighted by molar-refractivity contribution is -0.142. The summed E-state index contributed by atoms with van der Waals surface area (Å²) in [4.78, 5) is 41.1. The molecule has 1 amide bonds. The fourth-order valence-electron chi connectivity index (χ4n) is 2.85. The molecule has 1 aliphatic rings. The molecule has 0 spiro atoms. The zero-order valence-electron chi connectivity index (χ0n) is 14.6. The van der Waals surface area contributed by atoms with Crippen molar-refractivity contribution in [3.8, 4) is 0 Å². The van der Waals surface area contributed by atoms with E-state index in [1.165, 1.54) is 6.33 Å². The molecular formula is C16H21ClN6O3. The summed E-state index contributed by atoms with van der Waals surface area (Å²) in [5.74, 6) is -0.745. The third kappa shape index (κ3) is 4.21. The van der Waals surface area contributed by atoms with Gasteiger partial charge in [-0.1, -0.05) is 13.8 Å². The monoisotopic (exact) mass is 380 g/mol. The van der Waals surface area contributed by atoms with Crippen LogP contribution in [-0.2, 0) is 9.59 Å². The largest absolute Gasteiger partial charge is 0.480 e. The Morgan fingerprint density at radius 3 is 2.77 bits per heavy atom. The van der Waals surface area contributed by atoms with Crippen LogP contribution in [0.5, 0.6) is 0 Å². The van der Waals surface area contributed by atoms with Gasteiger partial charge in [-0.15, -0.1) is 0 Å². The highest BCUT2D eigenvalue weighted by molar-refractivity contribution is 6.28. The predicted octanol–water partition coefficient (Wildman–Crippen LogP) is 1.59. The first kappa shape index (κ1) is 18.4. The van der Waals surface area contributed by atoms with Crippen molar-refractivity contribution in [2.45, 2.75) is 45.2 Å². The summed E-state index contributed by atoms with van der Waals surface area (Å²) in [5, 5.41) is 12.0. The van der Waals surface area contributed by atoms with Crippen molar-refractivity contribution < 1.29 is 14.7 Å². The molecule has 0 radical (unpaired) electrons. The van der Waals surface area contributed by atoms with Gasteiger partial charge in [-0.25, -0.2) is 9.78 Å². The normalized spacial score (nSPS) is 15.2. The van der Waals surface area contributed by atoms with E-state index in [-0.39, 0.29) is 29.7 Å². The van der Waals surface area contributed by atoms with Crippen molar-refractivity contribution in [3.05, 3.63) is 11.6 Å². The van der Waals surface area contributed by atoms with Crippen molar-refractivity contribution in [2.24, 2.45) is 5.92 Å². The predicted molar refractivity (Wildman–Crippen MR) is 96.1 cm³/mol. The van der Waals surface area contributed by atoms with Crippen LogP contribution < -0.4 is 10.2 Å². The van der Waals surface area contributed by atoms with Gasteiger partial charge in [-0.3, -0.25) is 4.79 Å². The highest BCUT2D eigenvalue weighted by Crippen LogP contribution is 2.33. The number of amides is 1. The first-order chi connectivity index (χ1) is 12.3. The molecule has 3 N–H and O–H groups in total. The molecule has 0 bridgehead atoms. The number of halogens is 1. The molecule has 3 rings (SSSR count). The zero-order chi connectivity index (χ0) is 18.8. The quantitative estimate of drug-likeness (QED) is 0.594. The Balaban J connectivity index is 1.79. The molecule has 0 aromatic carbocycles. The number of carbonyl (C=O) groups is 2. The molecule has 2 heterocycles. The number of aromatic nitrogens is 4. The van der Waals surface area contributed by atoms with Gasteiger partial charge in [0, 0.05) is 6.04 Å². The Bertz CT molecular complexity index is 819. The van der Waals surface area contributed by atoms with E-state index < -0.39 is 12.0 Å². The SMILES string of the molecule is CC(C)C[C@H](NC(=O)CN(c1nc(Cl)nc2nc[nH]c12)C1CC1)C(=O)O. The molecule has 1 saturated carbocycles. The second kappa shape index (κ2) is 7.45. The Labute approximate surface area is 155 Å². The number of hydrogen-bond donors (Lipinski definition) is 3. The second-order valence-corrected chi connectivity index (χ2v) is 7.20. The van der Waals surface area contributed by atoms with E-state index in [1.807, 2.05) is 18.7 Å². The van der Waals surface area contributed by atoms with Crippen LogP contribution in [0.25, 0.3) is 11.2 Å². The summed E-state index contributed by atoms with van der Waals surface area (Å²) in [6, 6.07) is -0.753. The molecule has 9 nitrogen and oxygen atoms in total. The highest BCUT2D eigenvalue weighted by atomic mass is 35.5. The number of fused-ring (bicyclic) bond motifs is 1. The topological polar surface area (TPSA) is 124 Å². The number of carboxylic acid groups (broad SMARTS) is 1. The van der Waals surface area contributed by atoms with Crippen LogP contribution in [0.4, 0.5) is 5.82 Å². The lowest BCUT2D eigenvalue weighted by Gasteiger charge is -2.24. The Morgan fingerprint density at radius 2 is 2.15 bits per heavy atom. The van der Waals surface area contributed by atoms with E-state index in [0.29, 0.717) is 23.4 Å². The van der Waals surface area contributed by atoms with Crippen LogP contribution in [0, 0.1) is 5.92 Å². The molecular weight excluding hydrogens is 360 g/mol. The van der Waals surface area contributed by atoms with Gasteiger partial charge < -0.3 is 20.3 Å². The maximum atomic E-state index is 12.5. The summed E-state index contributed by atoms with van der Waals surface area (Å²) in [6.45, 7) is 3.82. The summed E-state index contributed by atoms with van der Waals surface area (Å²) < 4.78 is 0. The average molecular weight is 381 g/mol. The number of nitrogens with zero attached hydrogens (tertiary/aromatic N) is 4. The van der Waals surface area contributed by atoms with Crippen molar-refractivity contribution in [1.29, 1.82) is 0 Å². The molecule has 140 valence electrons. The smallest absolute Gasteiger partial charge is 0.326 e. The van der Waals surface area contributed by atoms with Crippen molar-refractivity contribution in [3.63, 3.8) is 0 Å². The Morgan fingerprint density at radius 1 is 1.42 bits per heavy atom. The molecule has 0 saturated heterocycles. The van der Waals surface area contributed by atoms with E-state index in [1.54, 1.807) is 0 Å². The van der Waals surface area contributed by atoms with Gasteiger partial charge in [0.05, 0.1) is 12.9 Å². The first-order valence-corrected chi connectivity index (χ1v) is 8.88. The summed E-state index contributed by atoms with van der Waals surface area (Å²) in [5.41, 5.74) is 1.03. The number of aliphatic carboxylic acids is 1. The number of aromatic amines is 1. The fraction of sp³-hybridized carbons (Fsp3) is 0.562. The van der Waals surface area contributed by atoms with Crippen LogP contribution in [-0.4, -0.2) is 55.5 Å². The summed E-state index contributed by atoms with van der Waals surface area (Å²) in [7, 11) is 0. The molecule has 26 heavy (non-hydrogen) atoms. The number of imidazole rings is 1. The molecule has 1 fully saturated rings. The van der Waals surface area contributed by atoms with Gasteiger partial charge in [0.25, 0.3) is 0 Å². The Hall–Kier alpha value is -2.42. The molecule has 2 aromatic heterocycles. The lowest BCUT2D eigenvalue weighted by Crippen LogP contribution is -2.47. The van der Waals surface area contributed by atoms with E-state index in [0.717, 1.165) is 12.8 Å². The molecule has 1 aliphatic carbocycles. The van der Waals surface area contributed by atoms with Crippen LogP contribution in [0.2, 0.25) is 5.28 Å². The molecule has 10 heteroatoms. The number of carbonyl (C=O) groups excluding carboxylic acids is 1. The number of nitrogens with one attached hydrogen (secondary N) is 2. The maximum absolute atomic E-state index is 12.5. The van der Waals surface area contributed by atoms with E-state index in [9.17, 15) is 14.7 Å². The Kier molecular flexibility index (Phi) is 5.26. The summed E-state index contributed by atoms with van der Waals surface area (Å²) >= 11 is 5.99. The van der Waals surface area contributed by atoms with Crippen LogP contribution in [0.15, 0.2) is 6.33 Å².